The SMILES string of the molecule is CSC(=NCCC(C)O)NC#N. The highest BCUT2D eigenvalue weighted by Gasteiger charge is 1.96. The molecule has 12 heavy (non-hydrogen) atoms. The van der Waals surface area contributed by atoms with Crippen LogP contribution in [0.3, 0.4) is 0 Å². The predicted octanol–water partition coefficient (Wildman–Crippen LogP) is 0.547. The van der Waals surface area contributed by atoms with Gasteiger partial charge < -0.3 is 5.11 Å². The number of hydrogen-bond donors (Lipinski definition) is 2. The number of aliphatic hydroxyl groups excluding tert-OH is 1. The number of nitriles is 1. The van der Waals surface area contributed by atoms with Crippen molar-refractivity contribution in [3.05, 3.63) is 0 Å². The average molecular weight is 187 g/mol. The highest BCUT2D eigenvalue weighted by atomic mass is 32.2. The van der Waals surface area contributed by atoms with Crippen LogP contribution in [0, 0.1) is 11.5 Å². The van der Waals surface area contributed by atoms with Crippen molar-refractivity contribution in [1.82, 2.24) is 5.32 Å². The lowest BCUT2D eigenvalue weighted by atomic mass is 10.3. The van der Waals surface area contributed by atoms with Crippen LogP contribution in [0.25, 0.3) is 0 Å². The van der Waals surface area contributed by atoms with E-state index < -0.39 is 0 Å². The van der Waals surface area contributed by atoms with Gasteiger partial charge in [-0.1, -0.05) is 11.8 Å². The number of nitrogens with zero attached hydrogens (tertiary/aromatic N) is 2. The van der Waals surface area contributed by atoms with Crippen molar-refractivity contribution in [2.45, 2.75) is 19.4 Å². The molecule has 1 unspecified atom stereocenters. The van der Waals surface area contributed by atoms with Gasteiger partial charge in [-0.15, -0.1) is 0 Å². The minimum atomic E-state index is -0.334. The molecule has 0 radical (unpaired) electrons. The lowest BCUT2D eigenvalue weighted by Crippen LogP contribution is -2.14. The molecule has 0 saturated heterocycles. The van der Waals surface area contributed by atoms with Crippen molar-refractivity contribution < 1.29 is 5.11 Å². The van der Waals surface area contributed by atoms with E-state index in [9.17, 15) is 0 Å². The lowest BCUT2D eigenvalue weighted by Gasteiger charge is -2.01. The van der Waals surface area contributed by atoms with E-state index in [0.717, 1.165) is 0 Å². The fraction of sp³-hybridized carbons (Fsp3) is 0.714. The van der Waals surface area contributed by atoms with E-state index in [2.05, 4.69) is 10.3 Å². The molecule has 5 heteroatoms. The molecule has 0 aliphatic rings. The van der Waals surface area contributed by atoms with Gasteiger partial charge in [-0.2, -0.15) is 5.26 Å². The van der Waals surface area contributed by atoms with Crippen molar-refractivity contribution >= 4 is 16.9 Å². The van der Waals surface area contributed by atoms with Crippen LogP contribution in [0.1, 0.15) is 13.3 Å². The summed E-state index contributed by atoms with van der Waals surface area (Å²) < 4.78 is 0. The Morgan fingerprint density at radius 1 is 1.83 bits per heavy atom. The molecule has 0 aromatic rings. The fourth-order valence-electron chi connectivity index (χ4n) is 0.556. The largest absolute Gasteiger partial charge is 0.393 e. The van der Waals surface area contributed by atoms with E-state index >= 15 is 0 Å². The number of aliphatic hydroxyl groups is 1. The van der Waals surface area contributed by atoms with Crippen LogP contribution in [0.2, 0.25) is 0 Å². The second kappa shape index (κ2) is 6.95. The zero-order chi connectivity index (χ0) is 9.40. The van der Waals surface area contributed by atoms with E-state index in [0.29, 0.717) is 18.1 Å². The molecule has 68 valence electrons. The molecule has 0 spiro atoms. The van der Waals surface area contributed by atoms with Crippen molar-refractivity contribution in [1.29, 1.82) is 5.26 Å². The Balaban J connectivity index is 3.71. The summed E-state index contributed by atoms with van der Waals surface area (Å²) in [6, 6.07) is 0. The summed E-state index contributed by atoms with van der Waals surface area (Å²) in [6.07, 6.45) is 3.92. The molecule has 0 fully saturated rings. The molecule has 0 amide bonds. The van der Waals surface area contributed by atoms with Crippen LogP contribution < -0.4 is 5.32 Å². The Morgan fingerprint density at radius 3 is 2.92 bits per heavy atom. The summed E-state index contributed by atoms with van der Waals surface area (Å²) in [7, 11) is 0. The Morgan fingerprint density at radius 2 is 2.50 bits per heavy atom. The topological polar surface area (TPSA) is 68.4 Å². The summed E-state index contributed by atoms with van der Waals surface area (Å²) in [5.74, 6) is 0. The summed E-state index contributed by atoms with van der Waals surface area (Å²) in [5, 5.41) is 20.2. The second-order valence-electron chi connectivity index (χ2n) is 2.27. The van der Waals surface area contributed by atoms with Crippen LogP contribution in [0.15, 0.2) is 4.99 Å². The molecular formula is C7H13N3OS. The molecule has 1 atom stereocenters. The van der Waals surface area contributed by atoms with Gasteiger partial charge in [-0.05, 0) is 19.6 Å². The van der Waals surface area contributed by atoms with Gasteiger partial charge in [0.2, 0.25) is 0 Å². The summed E-state index contributed by atoms with van der Waals surface area (Å²) in [5.41, 5.74) is 0. The van der Waals surface area contributed by atoms with Crippen molar-refractivity contribution in [3.8, 4) is 6.19 Å². The standard InChI is InChI=1S/C7H13N3OS/c1-6(11)3-4-9-7(12-2)10-5-8/h6,11H,3-4H2,1-2H3,(H,9,10). The minimum absolute atomic E-state index is 0.334. The van der Waals surface area contributed by atoms with E-state index in [-0.39, 0.29) is 6.10 Å². The third-order valence-corrected chi connectivity index (χ3v) is 1.78. The number of amidine groups is 1. The monoisotopic (exact) mass is 187 g/mol. The third-order valence-electron chi connectivity index (χ3n) is 1.16. The minimum Gasteiger partial charge on any atom is -0.393 e. The van der Waals surface area contributed by atoms with Gasteiger partial charge in [0.15, 0.2) is 11.4 Å². The van der Waals surface area contributed by atoms with Crippen LogP contribution in [0.5, 0.6) is 0 Å². The molecule has 0 aromatic heterocycles. The van der Waals surface area contributed by atoms with E-state index in [1.54, 1.807) is 13.1 Å². The quantitative estimate of drug-likeness (QED) is 0.293. The first-order valence-electron chi connectivity index (χ1n) is 3.62. The molecule has 0 saturated carbocycles. The Bertz CT molecular complexity index is 186. The smallest absolute Gasteiger partial charge is 0.183 e. The van der Waals surface area contributed by atoms with Crippen molar-refractivity contribution in [3.63, 3.8) is 0 Å². The summed E-state index contributed by atoms with van der Waals surface area (Å²) >= 11 is 1.38. The molecule has 0 rings (SSSR count). The predicted molar refractivity (Wildman–Crippen MR) is 50.9 cm³/mol. The maximum absolute atomic E-state index is 8.91. The molecule has 0 aliphatic carbocycles. The Labute approximate surface area is 76.7 Å². The van der Waals surface area contributed by atoms with Gasteiger partial charge in [0.25, 0.3) is 0 Å². The van der Waals surface area contributed by atoms with Crippen LogP contribution in [-0.2, 0) is 0 Å². The third kappa shape index (κ3) is 6.01. The number of thioether (sulfide) groups is 1. The Hall–Kier alpha value is -0.730. The molecular weight excluding hydrogens is 174 g/mol. The fourth-order valence-corrected chi connectivity index (χ4v) is 0.924. The molecule has 4 nitrogen and oxygen atoms in total. The maximum Gasteiger partial charge on any atom is 0.183 e. The van der Waals surface area contributed by atoms with Gasteiger partial charge in [-0.25, -0.2) is 0 Å². The number of hydrogen-bond acceptors (Lipinski definition) is 4. The lowest BCUT2D eigenvalue weighted by molar-refractivity contribution is 0.187. The summed E-state index contributed by atoms with van der Waals surface area (Å²) in [6.45, 7) is 2.26. The van der Waals surface area contributed by atoms with Crippen LogP contribution >= 0.6 is 11.8 Å². The first-order valence-corrected chi connectivity index (χ1v) is 4.84. The molecule has 2 N–H and O–H groups in total. The average Bonchev–Trinajstić information content (AvgIpc) is 2.02. The van der Waals surface area contributed by atoms with Gasteiger partial charge in [-0.3, -0.25) is 10.3 Å². The molecule has 0 heterocycles. The molecule has 0 aliphatic heterocycles. The highest BCUT2D eigenvalue weighted by Crippen LogP contribution is 1.96. The first kappa shape index (κ1) is 11.3. The van der Waals surface area contributed by atoms with Gasteiger partial charge in [0, 0.05) is 6.54 Å². The van der Waals surface area contributed by atoms with Gasteiger partial charge in [0.1, 0.15) is 0 Å². The van der Waals surface area contributed by atoms with Gasteiger partial charge >= 0.3 is 0 Å². The molecule has 0 aromatic carbocycles. The maximum atomic E-state index is 8.91. The van der Waals surface area contributed by atoms with E-state index in [1.807, 2.05) is 6.26 Å². The number of nitrogens with one attached hydrogen (secondary N) is 1. The van der Waals surface area contributed by atoms with E-state index in [4.69, 9.17) is 10.4 Å². The summed E-state index contributed by atoms with van der Waals surface area (Å²) in [4.78, 5) is 4.06. The highest BCUT2D eigenvalue weighted by molar-refractivity contribution is 8.13. The zero-order valence-corrected chi connectivity index (χ0v) is 8.06. The van der Waals surface area contributed by atoms with Gasteiger partial charge in [0.05, 0.1) is 6.10 Å². The molecule has 0 bridgehead atoms. The normalized spacial score (nSPS) is 13.7. The van der Waals surface area contributed by atoms with Crippen LogP contribution in [0.4, 0.5) is 0 Å². The number of aliphatic imine (C=N–C) groups is 1. The van der Waals surface area contributed by atoms with Crippen molar-refractivity contribution in [2.24, 2.45) is 4.99 Å². The Kier molecular flexibility index (Phi) is 6.53. The second-order valence-corrected chi connectivity index (χ2v) is 3.06. The first-order chi connectivity index (χ1) is 5.70. The van der Waals surface area contributed by atoms with E-state index in [1.165, 1.54) is 11.8 Å². The van der Waals surface area contributed by atoms with Crippen LogP contribution in [-0.4, -0.2) is 29.2 Å². The zero-order valence-electron chi connectivity index (χ0n) is 7.24. The number of rotatable bonds is 3. The van der Waals surface area contributed by atoms with Crippen molar-refractivity contribution in [2.75, 3.05) is 12.8 Å².